The molecule has 0 aliphatic heterocycles. The molecule has 0 aliphatic rings. The molecule has 0 unspecified atom stereocenters. The summed E-state index contributed by atoms with van der Waals surface area (Å²) in [5, 5.41) is 18.2. The zero-order valence-corrected chi connectivity index (χ0v) is 28.3. The molecule has 1 N–H and O–H groups in total. The SMILES string of the molecule is C=C(OOCC)C(=O)[O-].CCOC(=O)CC(=O)Cc1ccc(I)cc1.O=C(O)Cc1ccc(I)cc1.[K+]. The number of ether oxygens (including phenoxy) is 1. The molecule has 9 nitrogen and oxygen atoms in total. The topological polar surface area (TPSA) is 139 Å². The van der Waals surface area contributed by atoms with Gasteiger partial charge in [0.15, 0.2) is 5.76 Å². The molecule has 12 heteroatoms. The van der Waals surface area contributed by atoms with E-state index in [1.54, 1.807) is 13.8 Å². The number of hydrogen-bond donors (Lipinski definition) is 1. The van der Waals surface area contributed by atoms with E-state index in [1.807, 2.05) is 48.5 Å². The van der Waals surface area contributed by atoms with Crippen LogP contribution in [0.5, 0.6) is 0 Å². The minimum atomic E-state index is -1.47. The Morgan fingerprint density at radius 1 is 0.865 bits per heavy atom. The van der Waals surface area contributed by atoms with Crippen LogP contribution in [0.1, 0.15) is 31.4 Å². The average molecular weight is 764 g/mol. The molecule has 37 heavy (non-hydrogen) atoms. The number of hydrogen-bond acceptors (Lipinski definition) is 8. The first-order valence-corrected chi connectivity index (χ1v) is 12.7. The first kappa shape index (κ1) is 38.3. The van der Waals surface area contributed by atoms with Gasteiger partial charge in [-0.1, -0.05) is 30.8 Å². The van der Waals surface area contributed by atoms with Crippen molar-refractivity contribution in [3.8, 4) is 0 Å². The molecular formula is C25H27I2KO9. The first-order valence-electron chi connectivity index (χ1n) is 10.6. The van der Waals surface area contributed by atoms with Gasteiger partial charge in [0.2, 0.25) is 0 Å². The Labute approximate surface area is 286 Å². The van der Waals surface area contributed by atoms with Gasteiger partial charge in [-0.2, -0.15) is 4.89 Å². The van der Waals surface area contributed by atoms with Gasteiger partial charge < -0.3 is 24.6 Å². The van der Waals surface area contributed by atoms with Crippen molar-refractivity contribution in [3.63, 3.8) is 0 Å². The molecule has 196 valence electrons. The molecule has 0 aliphatic carbocycles. The van der Waals surface area contributed by atoms with E-state index >= 15 is 0 Å². The largest absolute Gasteiger partial charge is 1.00 e. The molecule has 0 saturated heterocycles. The van der Waals surface area contributed by atoms with Gasteiger partial charge >= 0.3 is 63.3 Å². The van der Waals surface area contributed by atoms with Crippen molar-refractivity contribution in [2.24, 2.45) is 0 Å². The minimum Gasteiger partial charge on any atom is -0.541 e. The number of halogens is 2. The fourth-order valence-electron chi connectivity index (χ4n) is 2.21. The maximum Gasteiger partial charge on any atom is 1.00 e. The Bertz CT molecular complexity index is 994. The first-order chi connectivity index (χ1) is 17.0. The monoisotopic (exact) mass is 764 g/mol. The van der Waals surface area contributed by atoms with E-state index in [4.69, 9.17) is 9.84 Å². The molecule has 0 spiro atoms. The molecular weight excluding hydrogens is 737 g/mol. The van der Waals surface area contributed by atoms with Crippen LogP contribution < -0.4 is 56.5 Å². The molecule has 0 radical (unpaired) electrons. The number of ketones is 1. The third kappa shape index (κ3) is 21.7. The van der Waals surface area contributed by atoms with E-state index in [0.717, 1.165) is 18.3 Å². The maximum atomic E-state index is 11.5. The van der Waals surface area contributed by atoms with Gasteiger partial charge in [0, 0.05) is 13.6 Å². The number of esters is 1. The maximum absolute atomic E-state index is 11.5. The molecule has 2 aromatic carbocycles. The zero-order valence-electron chi connectivity index (χ0n) is 20.8. The predicted octanol–water partition coefficient (Wildman–Crippen LogP) is 0.496. The summed E-state index contributed by atoms with van der Waals surface area (Å²) in [6.07, 6.45) is 0.256. The van der Waals surface area contributed by atoms with E-state index in [9.17, 15) is 24.3 Å². The second-order valence-electron chi connectivity index (χ2n) is 6.72. The van der Waals surface area contributed by atoms with E-state index < -0.39 is 23.7 Å². The quantitative estimate of drug-likeness (QED) is 0.0507. The summed E-state index contributed by atoms with van der Waals surface area (Å²) in [6.45, 7) is 6.95. The van der Waals surface area contributed by atoms with Gasteiger partial charge in [0.05, 0.1) is 19.6 Å². The Balaban J connectivity index is 0. The van der Waals surface area contributed by atoms with Gasteiger partial charge in [-0.25, -0.2) is 0 Å². The van der Waals surface area contributed by atoms with Crippen LogP contribution >= 0.6 is 45.2 Å². The third-order valence-corrected chi connectivity index (χ3v) is 5.17. The van der Waals surface area contributed by atoms with E-state index in [2.05, 4.69) is 61.5 Å². The van der Waals surface area contributed by atoms with Gasteiger partial charge in [0.1, 0.15) is 18.2 Å². The van der Waals surface area contributed by atoms with E-state index in [0.29, 0.717) is 6.61 Å². The Hall–Kier alpha value is -0.884. The summed E-state index contributed by atoms with van der Waals surface area (Å²) in [4.78, 5) is 50.9. The average Bonchev–Trinajstić information content (AvgIpc) is 2.81. The number of benzene rings is 2. The third-order valence-electron chi connectivity index (χ3n) is 3.74. The second kappa shape index (κ2) is 23.0. The van der Waals surface area contributed by atoms with Crippen LogP contribution in [0.2, 0.25) is 0 Å². The predicted molar refractivity (Wildman–Crippen MR) is 146 cm³/mol. The van der Waals surface area contributed by atoms with Gasteiger partial charge in [-0.3, -0.25) is 14.4 Å². The molecule has 0 atom stereocenters. The Morgan fingerprint density at radius 2 is 1.32 bits per heavy atom. The van der Waals surface area contributed by atoms with Gasteiger partial charge in [-0.15, -0.1) is 0 Å². The molecule has 0 heterocycles. The number of rotatable bonds is 11. The fraction of sp³-hybridized carbons (Fsp3) is 0.280. The normalized spacial score (nSPS) is 9.19. The fourth-order valence-corrected chi connectivity index (χ4v) is 2.93. The summed E-state index contributed by atoms with van der Waals surface area (Å²) >= 11 is 4.38. The van der Waals surface area contributed by atoms with Crippen LogP contribution in [0.15, 0.2) is 60.9 Å². The number of carbonyl (C=O) groups is 4. The van der Waals surface area contributed by atoms with Crippen LogP contribution in [0.4, 0.5) is 0 Å². The number of aliphatic carboxylic acids is 2. The number of carboxylic acids is 2. The van der Waals surface area contributed by atoms with E-state index in [-0.39, 0.29) is 83.0 Å². The van der Waals surface area contributed by atoms with E-state index in [1.165, 1.54) is 0 Å². The van der Waals surface area contributed by atoms with Crippen molar-refractivity contribution in [1.29, 1.82) is 0 Å². The zero-order chi connectivity index (χ0) is 27.5. The molecule has 0 amide bonds. The summed E-state index contributed by atoms with van der Waals surface area (Å²) < 4.78 is 6.95. The smallest absolute Gasteiger partial charge is 0.541 e. The number of carboxylic acid groups (broad SMARTS) is 2. The summed E-state index contributed by atoms with van der Waals surface area (Å²) in [6, 6.07) is 15.1. The van der Waals surface area contributed by atoms with Crippen molar-refractivity contribution in [2.75, 3.05) is 13.2 Å². The molecule has 0 saturated carbocycles. The summed E-state index contributed by atoms with van der Waals surface area (Å²) in [5.74, 6) is -3.33. The van der Waals surface area contributed by atoms with Crippen molar-refractivity contribution in [2.45, 2.75) is 33.1 Å². The van der Waals surface area contributed by atoms with Crippen LogP contribution in [0.3, 0.4) is 0 Å². The van der Waals surface area contributed by atoms with Crippen LogP contribution in [-0.2, 0) is 46.5 Å². The number of carbonyl (C=O) groups excluding carboxylic acids is 3. The van der Waals surface area contributed by atoms with Gasteiger partial charge in [-0.05, 0) is 94.4 Å². The molecule has 0 bridgehead atoms. The van der Waals surface area contributed by atoms with Gasteiger partial charge in [0.25, 0.3) is 0 Å². The second-order valence-corrected chi connectivity index (χ2v) is 9.21. The van der Waals surface area contributed by atoms with Crippen molar-refractivity contribution in [1.82, 2.24) is 0 Å². The van der Waals surface area contributed by atoms with Crippen LogP contribution in [0, 0.1) is 7.14 Å². The summed E-state index contributed by atoms with van der Waals surface area (Å²) in [7, 11) is 0. The Morgan fingerprint density at radius 3 is 1.70 bits per heavy atom. The molecule has 2 rings (SSSR count). The Kier molecular flexibility index (Phi) is 23.8. The molecule has 0 fully saturated rings. The summed E-state index contributed by atoms with van der Waals surface area (Å²) in [5.41, 5.74) is 1.77. The van der Waals surface area contributed by atoms with Crippen LogP contribution in [0.25, 0.3) is 0 Å². The van der Waals surface area contributed by atoms with Crippen molar-refractivity contribution in [3.05, 3.63) is 79.1 Å². The molecule has 0 aromatic heterocycles. The van der Waals surface area contributed by atoms with Crippen LogP contribution in [-0.4, -0.2) is 42.0 Å². The van der Waals surface area contributed by atoms with Crippen molar-refractivity contribution >= 4 is 68.9 Å². The van der Waals surface area contributed by atoms with Crippen molar-refractivity contribution < 1.29 is 95.3 Å². The minimum absolute atomic E-state index is 0. The number of Topliss-reactive ketones (excluding diaryl/α,β-unsaturated/α-hetero) is 1. The molecule has 2 aromatic rings. The standard InChI is InChI=1S/C12H13IO3.C8H7IO2.C5H8O4.K/c1-2-16-12(15)8-11(14)7-9-3-5-10(13)6-4-9;9-7-3-1-6(2-4-7)5-8(10)11;1-3-8-9-4(2)5(6)7;/h3-6H,2,7-8H2,1H3;1-4H,5H2,(H,10,11);2-3H2,1H3,(H,6,7);/q;;;+1/p-1.